The van der Waals surface area contributed by atoms with Crippen LogP contribution in [0.1, 0.15) is 19.8 Å². The Labute approximate surface area is 55.5 Å². The molecule has 0 aliphatic rings. The van der Waals surface area contributed by atoms with E-state index in [0.29, 0.717) is 6.61 Å². The summed E-state index contributed by atoms with van der Waals surface area (Å²) >= 11 is 0. The van der Waals surface area contributed by atoms with Gasteiger partial charge in [0.1, 0.15) is 0 Å². The van der Waals surface area contributed by atoms with Crippen LogP contribution in [0.2, 0.25) is 0 Å². The molecule has 0 saturated heterocycles. The number of carbonyl (C=O) groups excluding carboxylic acids is 1. The molecule has 1 radical (unpaired) electrons. The van der Waals surface area contributed by atoms with E-state index in [1.807, 2.05) is 6.92 Å². The molecule has 2 nitrogen and oxygen atoms in total. The highest BCUT2D eigenvalue weighted by Crippen LogP contribution is 1.98. The van der Waals surface area contributed by atoms with Gasteiger partial charge in [0.05, 0.1) is 6.61 Å². The van der Waals surface area contributed by atoms with Crippen molar-refractivity contribution in [3.8, 4) is 0 Å². The van der Waals surface area contributed by atoms with E-state index in [4.69, 9.17) is 0 Å². The fraction of sp³-hybridized carbons (Fsp3) is 0.571. The Morgan fingerprint density at radius 2 is 2.44 bits per heavy atom. The van der Waals surface area contributed by atoms with Crippen LogP contribution in [0.4, 0.5) is 0 Å². The molecule has 0 spiro atoms. The fourth-order valence-corrected chi connectivity index (χ4v) is 0.488. The first-order valence-electron chi connectivity index (χ1n) is 2.90. The first-order valence-corrected chi connectivity index (χ1v) is 2.90. The van der Waals surface area contributed by atoms with Gasteiger partial charge in [-0.05, 0) is 19.8 Å². The monoisotopic (exact) mass is 127 g/mol. The van der Waals surface area contributed by atoms with Crippen LogP contribution in [0.3, 0.4) is 0 Å². The Morgan fingerprint density at radius 3 is 2.89 bits per heavy atom. The molecule has 0 bridgehead atoms. The zero-order valence-corrected chi connectivity index (χ0v) is 5.64. The summed E-state index contributed by atoms with van der Waals surface area (Å²) in [7, 11) is 0. The summed E-state index contributed by atoms with van der Waals surface area (Å²) in [5.41, 5.74) is 1.12. The van der Waals surface area contributed by atoms with Crippen molar-refractivity contribution in [1.82, 2.24) is 0 Å². The van der Waals surface area contributed by atoms with Crippen LogP contribution in [-0.4, -0.2) is 13.1 Å². The van der Waals surface area contributed by atoms with Crippen LogP contribution in [-0.2, 0) is 9.53 Å². The Morgan fingerprint density at radius 1 is 1.78 bits per heavy atom. The molecule has 0 unspecified atom stereocenters. The van der Waals surface area contributed by atoms with Crippen molar-refractivity contribution in [3.63, 3.8) is 0 Å². The van der Waals surface area contributed by atoms with Gasteiger partial charge in [-0.1, -0.05) is 5.57 Å². The molecule has 0 aliphatic carbocycles. The van der Waals surface area contributed by atoms with Crippen molar-refractivity contribution in [2.75, 3.05) is 6.61 Å². The number of hydrogen-bond acceptors (Lipinski definition) is 2. The standard InChI is InChI=1S/C7H11O2/c1-7(2)4-3-5-9-6-8/h1,3-5H2,2H3. The van der Waals surface area contributed by atoms with Crippen molar-refractivity contribution in [2.24, 2.45) is 0 Å². The minimum atomic E-state index is 0.455. The molecule has 0 saturated carbocycles. The number of allylic oxidation sites excluding steroid dienone is 1. The molecule has 0 amide bonds. The highest BCUT2D eigenvalue weighted by Gasteiger charge is 1.87. The van der Waals surface area contributed by atoms with Crippen molar-refractivity contribution in [2.45, 2.75) is 19.8 Å². The lowest BCUT2D eigenvalue weighted by Gasteiger charge is -1.95. The zero-order valence-electron chi connectivity index (χ0n) is 5.64. The molecule has 0 aromatic rings. The average Bonchev–Trinajstić information content (AvgIpc) is 1.80. The quantitative estimate of drug-likeness (QED) is 0.412. The fourth-order valence-electron chi connectivity index (χ4n) is 0.488. The summed E-state index contributed by atoms with van der Waals surface area (Å²) in [5, 5.41) is 0. The second kappa shape index (κ2) is 5.35. The summed E-state index contributed by atoms with van der Waals surface area (Å²) in [6.07, 6.45) is 1.77. The van der Waals surface area contributed by atoms with Gasteiger partial charge in [0.15, 0.2) is 0 Å². The van der Waals surface area contributed by atoms with E-state index < -0.39 is 0 Å². The van der Waals surface area contributed by atoms with Gasteiger partial charge in [0, 0.05) is 0 Å². The van der Waals surface area contributed by atoms with Gasteiger partial charge in [0.25, 0.3) is 0 Å². The largest absolute Gasteiger partial charge is 0.457 e. The first kappa shape index (κ1) is 8.21. The molecule has 2 heteroatoms. The molecule has 0 aromatic carbocycles. The average molecular weight is 127 g/mol. The maximum Gasteiger partial charge on any atom is 0.417 e. The molecule has 0 aliphatic heterocycles. The van der Waals surface area contributed by atoms with Crippen molar-refractivity contribution in [3.05, 3.63) is 12.2 Å². The summed E-state index contributed by atoms with van der Waals surface area (Å²) in [6, 6.07) is 0. The minimum absolute atomic E-state index is 0.455. The topological polar surface area (TPSA) is 26.3 Å². The van der Waals surface area contributed by atoms with Gasteiger partial charge in [-0.15, -0.1) is 6.58 Å². The van der Waals surface area contributed by atoms with Crippen LogP contribution < -0.4 is 0 Å². The van der Waals surface area contributed by atoms with Crippen LogP contribution in [0, 0.1) is 0 Å². The smallest absolute Gasteiger partial charge is 0.417 e. The van der Waals surface area contributed by atoms with Gasteiger partial charge >= 0.3 is 6.47 Å². The zero-order chi connectivity index (χ0) is 7.11. The van der Waals surface area contributed by atoms with E-state index >= 15 is 0 Å². The third kappa shape index (κ3) is 7.21. The van der Waals surface area contributed by atoms with E-state index in [9.17, 15) is 4.79 Å². The lowest BCUT2D eigenvalue weighted by atomic mass is 10.2. The van der Waals surface area contributed by atoms with Crippen LogP contribution >= 0.6 is 0 Å². The van der Waals surface area contributed by atoms with E-state index in [0.717, 1.165) is 18.4 Å². The predicted molar refractivity (Wildman–Crippen MR) is 35.7 cm³/mol. The molecule has 0 aromatic heterocycles. The number of hydrogen-bond donors (Lipinski definition) is 0. The lowest BCUT2D eigenvalue weighted by Crippen LogP contribution is -1.90. The van der Waals surface area contributed by atoms with Crippen LogP contribution in [0.25, 0.3) is 0 Å². The predicted octanol–water partition coefficient (Wildman–Crippen LogP) is 1.43. The second-order valence-corrected chi connectivity index (χ2v) is 1.99. The first-order chi connectivity index (χ1) is 4.27. The van der Waals surface area contributed by atoms with Gasteiger partial charge in [0.2, 0.25) is 0 Å². The molecular formula is C7H11O2. The van der Waals surface area contributed by atoms with Crippen molar-refractivity contribution < 1.29 is 9.53 Å². The summed E-state index contributed by atoms with van der Waals surface area (Å²) < 4.78 is 4.34. The third-order valence-corrected chi connectivity index (χ3v) is 0.909. The Hall–Kier alpha value is -0.790. The van der Waals surface area contributed by atoms with E-state index in [-0.39, 0.29) is 0 Å². The molecule has 0 fully saturated rings. The maximum absolute atomic E-state index is 9.48. The molecule has 9 heavy (non-hydrogen) atoms. The molecule has 0 heterocycles. The molecule has 51 valence electrons. The van der Waals surface area contributed by atoms with Crippen LogP contribution in [0.15, 0.2) is 12.2 Å². The van der Waals surface area contributed by atoms with E-state index in [1.165, 1.54) is 6.47 Å². The van der Waals surface area contributed by atoms with Gasteiger partial charge < -0.3 is 4.74 Å². The highest BCUT2D eigenvalue weighted by atomic mass is 16.5. The summed E-state index contributed by atoms with van der Waals surface area (Å²) in [4.78, 5) is 9.48. The minimum Gasteiger partial charge on any atom is -0.457 e. The number of ether oxygens (including phenoxy) is 1. The van der Waals surface area contributed by atoms with E-state index in [1.54, 1.807) is 0 Å². The second-order valence-electron chi connectivity index (χ2n) is 1.99. The van der Waals surface area contributed by atoms with Gasteiger partial charge in [-0.3, -0.25) is 0 Å². The molecule has 0 rings (SSSR count). The lowest BCUT2D eigenvalue weighted by molar-refractivity contribution is 0.273. The van der Waals surface area contributed by atoms with Crippen LogP contribution in [0.5, 0.6) is 0 Å². The van der Waals surface area contributed by atoms with Crippen molar-refractivity contribution >= 4 is 6.47 Å². The molecule has 0 atom stereocenters. The Balaban J connectivity index is 2.91. The number of rotatable bonds is 5. The highest BCUT2D eigenvalue weighted by molar-refractivity contribution is 5.38. The SMILES string of the molecule is C=C(C)CCCO[C]=O. The van der Waals surface area contributed by atoms with Crippen molar-refractivity contribution in [1.29, 1.82) is 0 Å². The maximum atomic E-state index is 9.48. The van der Waals surface area contributed by atoms with E-state index in [2.05, 4.69) is 11.3 Å². The van der Waals surface area contributed by atoms with Gasteiger partial charge in [-0.2, -0.15) is 0 Å². The van der Waals surface area contributed by atoms with Gasteiger partial charge in [-0.25, -0.2) is 4.79 Å². The Kier molecular flexibility index (Phi) is 4.88. The normalized spacial score (nSPS) is 8.56. The Bertz CT molecular complexity index is 97.1. The summed E-state index contributed by atoms with van der Waals surface area (Å²) in [6.45, 7) is 7.46. The summed E-state index contributed by atoms with van der Waals surface area (Å²) in [5.74, 6) is 0. The molecule has 0 N–H and O–H groups in total. The third-order valence-electron chi connectivity index (χ3n) is 0.909. The molecular weight excluding hydrogens is 116 g/mol.